The van der Waals surface area contributed by atoms with Gasteiger partial charge >= 0.3 is 5.97 Å². The van der Waals surface area contributed by atoms with Gasteiger partial charge in [0.05, 0.1) is 24.1 Å². The maximum Gasteiger partial charge on any atom is 0.309 e. The number of fused-ring (bicyclic) bond motifs is 1. The second-order valence-corrected chi connectivity index (χ2v) is 5.97. The Bertz CT molecular complexity index is 983. The number of aromatic amines is 1. The van der Waals surface area contributed by atoms with Crippen molar-refractivity contribution in [2.45, 2.75) is 6.42 Å². The Morgan fingerprint density at radius 3 is 2.91 bits per heavy atom. The number of nitrogens with zero attached hydrogens (tertiary/aromatic N) is 1. The predicted octanol–water partition coefficient (Wildman–Crippen LogP) is 4.18. The van der Waals surface area contributed by atoms with Gasteiger partial charge in [0.15, 0.2) is 5.76 Å². The summed E-state index contributed by atoms with van der Waals surface area (Å²) in [6, 6.07) is 11.7. The van der Waals surface area contributed by atoms with E-state index in [1.54, 1.807) is 11.6 Å². The molecule has 2 N–H and O–H groups in total. The molecule has 0 aliphatic carbocycles. The fourth-order valence-corrected chi connectivity index (χ4v) is 3.51. The zero-order valence-electron chi connectivity index (χ0n) is 11.9. The van der Waals surface area contributed by atoms with E-state index >= 15 is 0 Å². The Balaban J connectivity index is 1.92. The number of para-hydroxylation sites is 1. The molecule has 4 aromatic rings. The highest BCUT2D eigenvalue weighted by Crippen LogP contribution is 2.39. The van der Waals surface area contributed by atoms with Crippen LogP contribution in [0.5, 0.6) is 0 Å². The average Bonchev–Trinajstić information content (AvgIpc) is 3.25. The normalized spacial score (nSPS) is 11.1. The number of aromatic nitrogens is 2. The largest absolute Gasteiger partial charge is 0.481 e. The average molecular weight is 324 g/mol. The van der Waals surface area contributed by atoms with Crippen LogP contribution in [0.25, 0.3) is 32.9 Å². The Labute approximate surface area is 135 Å². The van der Waals surface area contributed by atoms with Crippen molar-refractivity contribution in [3.63, 3.8) is 0 Å². The first kappa shape index (κ1) is 13.8. The molecule has 3 heterocycles. The molecule has 0 atom stereocenters. The number of benzene rings is 1. The molecule has 6 heteroatoms. The number of hydrogen-bond donors (Lipinski definition) is 2. The van der Waals surface area contributed by atoms with Crippen molar-refractivity contribution < 1.29 is 14.3 Å². The van der Waals surface area contributed by atoms with E-state index in [2.05, 4.69) is 9.97 Å². The van der Waals surface area contributed by atoms with E-state index < -0.39 is 5.97 Å². The summed E-state index contributed by atoms with van der Waals surface area (Å²) in [5.74, 6) is -0.154. The molecule has 4 rings (SSSR count). The number of furan rings is 1. The molecule has 1 aromatic carbocycles. The van der Waals surface area contributed by atoms with Crippen molar-refractivity contribution in [3.8, 4) is 22.0 Å². The monoisotopic (exact) mass is 324 g/mol. The zero-order chi connectivity index (χ0) is 15.8. The fourth-order valence-electron chi connectivity index (χ4n) is 2.63. The highest BCUT2D eigenvalue weighted by atomic mass is 32.1. The van der Waals surface area contributed by atoms with Gasteiger partial charge in [0, 0.05) is 21.8 Å². The van der Waals surface area contributed by atoms with E-state index in [-0.39, 0.29) is 6.42 Å². The number of hydrogen-bond acceptors (Lipinski definition) is 4. The highest BCUT2D eigenvalue weighted by molar-refractivity contribution is 7.13. The van der Waals surface area contributed by atoms with Crippen LogP contribution in [0.1, 0.15) is 5.69 Å². The van der Waals surface area contributed by atoms with Gasteiger partial charge in [0.1, 0.15) is 5.01 Å². The van der Waals surface area contributed by atoms with Crippen LogP contribution in [0.2, 0.25) is 0 Å². The van der Waals surface area contributed by atoms with Crippen molar-refractivity contribution in [2.24, 2.45) is 0 Å². The molecule has 0 saturated carbocycles. The summed E-state index contributed by atoms with van der Waals surface area (Å²) in [6.45, 7) is 0. The van der Waals surface area contributed by atoms with E-state index in [4.69, 9.17) is 9.52 Å². The minimum Gasteiger partial charge on any atom is -0.481 e. The third-order valence-corrected chi connectivity index (χ3v) is 4.48. The lowest BCUT2D eigenvalue weighted by Gasteiger charge is -1.99. The summed E-state index contributed by atoms with van der Waals surface area (Å²) in [6.07, 6.45) is 1.55. The summed E-state index contributed by atoms with van der Waals surface area (Å²) >= 11 is 1.44. The molecule has 23 heavy (non-hydrogen) atoms. The van der Waals surface area contributed by atoms with Crippen LogP contribution in [0.3, 0.4) is 0 Å². The van der Waals surface area contributed by atoms with Gasteiger partial charge in [0.2, 0.25) is 0 Å². The van der Waals surface area contributed by atoms with Crippen LogP contribution in [-0.2, 0) is 11.2 Å². The molecule has 0 aliphatic rings. The second-order valence-electron chi connectivity index (χ2n) is 5.11. The van der Waals surface area contributed by atoms with Gasteiger partial charge in [-0.05, 0) is 18.2 Å². The van der Waals surface area contributed by atoms with Crippen molar-refractivity contribution in [2.75, 3.05) is 0 Å². The highest BCUT2D eigenvalue weighted by Gasteiger charge is 2.19. The maximum absolute atomic E-state index is 10.9. The zero-order valence-corrected chi connectivity index (χ0v) is 12.8. The molecule has 0 fully saturated rings. The number of rotatable bonds is 4. The van der Waals surface area contributed by atoms with E-state index in [0.29, 0.717) is 5.69 Å². The Morgan fingerprint density at radius 1 is 1.26 bits per heavy atom. The van der Waals surface area contributed by atoms with Crippen LogP contribution in [-0.4, -0.2) is 21.0 Å². The number of nitrogens with one attached hydrogen (secondary N) is 1. The van der Waals surface area contributed by atoms with Crippen molar-refractivity contribution in [3.05, 3.63) is 53.7 Å². The number of carbonyl (C=O) groups is 1. The van der Waals surface area contributed by atoms with Crippen LogP contribution >= 0.6 is 11.3 Å². The van der Waals surface area contributed by atoms with E-state index in [1.807, 2.05) is 36.4 Å². The minimum absolute atomic E-state index is 0.0745. The van der Waals surface area contributed by atoms with E-state index in [9.17, 15) is 4.79 Å². The molecule has 0 unspecified atom stereocenters. The minimum atomic E-state index is -0.882. The third-order valence-electron chi connectivity index (χ3n) is 3.57. The van der Waals surface area contributed by atoms with Gasteiger partial charge in [-0.3, -0.25) is 4.79 Å². The van der Waals surface area contributed by atoms with Crippen molar-refractivity contribution in [1.29, 1.82) is 0 Å². The third kappa shape index (κ3) is 2.43. The fraction of sp³-hybridized carbons (Fsp3) is 0.0588. The van der Waals surface area contributed by atoms with Gasteiger partial charge in [-0.1, -0.05) is 18.2 Å². The van der Waals surface area contributed by atoms with Crippen LogP contribution in [0.15, 0.2) is 52.5 Å². The lowest BCUT2D eigenvalue weighted by Crippen LogP contribution is -1.99. The van der Waals surface area contributed by atoms with Gasteiger partial charge in [-0.2, -0.15) is 0 Å². The Morgan fingerprint density at radius 2 is 2.13 bits per heavy atom. The first-order valence-electron chi connectivity index (χ1n) is 7.03. The van der Waals surface area contributed by atoms with Crippen molar-refractivity contribution >= 4 is 28.2 Å². The molecule has 114 valence electrons. The van der Waals surface area contributed by atoms with Crippen LogP contribution < -0.4 is 0 Å². The number of H-pyrrole nitrogens is 1. The molecule has 5 nitrogen and oxygen atoms in total. The lowest BCUT2D eigenvalue weighted by molar-refractivity contribution is -0.136. The molecular formula is C17H12N2O3S. The topological polar surface area (TPSA) is 79.1 Å². The summed E-state index contributed by atoms with van der Waals surface area (Å²) in [7, 11) is 0. The molecule has 0 radical (unpaired) electrons. The summed E-state index contributed by atoms with van der Waals surface area (Å²) in [5, 5.41) is 12.5. The molecule has 0 saturated heterocycles. The van der Waals surface area contributed by atoms with E-state index in [0.717, 1.165) is 32.9 Å². The molecule has 3 aromatic heterocycles. The SMILES string of the molecule is O=C(O)Cc1csc(-c2c(-c3ccco3)[nH]c3ccccc23)n1. The summed E-state index contributed by atoms with van der Waals surface area (Å²) < 4.78 is 5.53. The smallest absolute Gasteiger partial charge is 0.309 e. The van der Waals surface area contributed by atoms with Crippen molar-refractivity contribution in [1.82, 2.24) is 9.97 Å². The van der Waals surface area contributed by atoms with Crippen LogP contribution in [0.4, 0.5) is 0 Å². The first-order chi connectivity index (χ1) is 11.2. The van der Waals surface area contributed by atoms with Gasteiger partial charge in [0.25, 0.3) is 0 Å². The number of carboxylic acid groups (broad SMARTS) is 1. The molecular weight excluding hydrogens is 312 g/mol. The predicted molar refractivity (Wildman–Crippen MR) is 88.4 cm³/mol. The Kier molecular flexibility index (Phi) is 3.24. The molecule has 0 amide bonds. The number of aliphatic carboxylic acids is 1. The number of carboxylic acids is 1. The summed E-state index contributed by atoms with van der Waals surface area (Å²) in [4.78, 5) is 18.7. The van der Waals surface area contributed by atoms with Gasteiger partial charge in [-0.25, -0.2) is 4.98 Å². The number of thiazole rings is 1. The first-order valence-corrected chi connectivity index (χ1v) is 7.91. The molecule has 0 bridgehead atoms. The quantitative estimate of drug-likeness (QED) is 0.590. The summed E-state index contributed by atoms with van der Waals surface area (Å²) in [5.41, 5.74) is 3.35. The second kappa shape index (κ2) is 5.40. The lowest BCUT2D eigenvalue weighted by atomic mass is 10.1. The van der Waals surface area contributed by atoms with Gasteiger partial charge in [-0.15, -0.1) is 11.3 Å². The standard InChI is InChI=1S/C17H12N2O3S/c20-14(21)8-10-9-23-17(18-10)15-11-4-1-2-5-12(11)19-16(15)13-6-3-7-22-13/h1-7,9,19H,8H2,(H,20,21). The van der Waals surface area contributed by atoms with Gasteiger partial charge < -0.3 is 14.5 Å². The molecule has 0 aliphatic heterocycles. The molecule has 0 spiro atoms. The Hall–Kier alpha value is -2.86. The van der Waals surface area contributed by atoms with Crippen LogP contribution in [0, 0.1) is 0 Å². The van der Waals surface area contributed by atoms with E-state index in [1.165, 1.54) is 11.3 Å². The maximum atomic E-state index is 10.9.